The van der Waals surface area contributed by atoms with E-state index in [-0.39, 0.29) is 17.5 Å². The van der Waals surface area contributed by atoms with Crippen LogP contribution in [0.15, 0.2) is 35.1 Å². The predicted molar refractivity (Wildman–Crippen MR) is 79.6 cm³/mol. The van der Waals surface area contributed by atoms with Crippen LogP contribution in [-0.2, 0) is 11.3 Å². The quantitative estimate of drug-likeness (QED) is 0.788. The van der Waals surface area contributed by atoms with Gasteiger partial charge in [-0.05, 0) is 0 Å². The third-order valence-electron chi connectivity index (χ3n) is 3.77. The molecule has 0 bridgehead atoms. The standard InChI is InChI=1S/C15H18N4O3/c20-13(11-4-2-1-3-5-11)8-12-10-22-7-6-19(12)9-14-16-15(21)18-17-14/h1-5,12H,6-10H2,(H2,16,17,18,21)/t12-/m0/s1. The average molecular weight is 302 g/mol. The summed E-state index contributed by atoms with van der Waals surface area (Å²) in [5.74, 6) is 0.667. The molecular formula is C15H18N4O3. The van der Waals surface area contributed by atoms with E-state index >= 15 is 0 Å². The third kappa shape index (κ3) is 3.49. The molecule has 22 heavy (non-hydrogen) atoms. The van der Waals surface area contributed by atoms with Gasteiger partial charge in [-0.15, -0.1) is 0 Å². The number of carbonyl (C=O) groups is 1. The van der Waals surface area contributed by atoms with Crippen molar-refractivity contribution in [1.29, 1.82) is 0 Å². The Kier molecular flexibility index (Phi) is 4.45. The number of nitrogens with one attached hydrogen (secondary N) is 2. The van der Waals surface area contributed by atoms with Crippen LogP contribution >= 0.6 is 0 Å². The van der Waals surface area contributed by atoms with Crippen LogP contribution in [0.1, 0.15) is 22.6 Å². The van der Waals surface area contributed by atoms with Gasteiger partial charge in [-0.2, -0.15) is 5.10 Å². The fourth-order valence-electron chi connectivity index (χ4n) is 2.61. The van der Waals surface area contributed by atoms with Gasteiger partial charge < -0.3 is 4.74 Å². The normalized spacial score (nSPS) is 19.2. The number of rotatable bonds is 5. The highest BCUT2D eigenvalue weighted by Gasteiger charge is 2.26. The SMILES string of the molecule is O=C(C[C@H]1COCCN1Cc1n[nH]c(=O)[nH]1)c1ccccc1. The molecule has 7 nitrogen and oxygen atoms in total. The Balaban J connectivity index is 1.67. The molecule has 1 aliphatic rings. The summed E-state index contributed by atoms with van der Waals surface area (Å²) >= 11 is 0. The number of ether oxygens (including phenoxy) is 1. The fraction of sp³-hybridized carbons (Fsp3) is 0.400. The van der Waals surface area contributed by atoms with Gasteiger partial charge in [0.25, 0.3) is 0 Å². The van der Waals surface area contributed by atoms with E-state index in [2.05, 4.69) is 20.1 Å². The van der Waals surface area contributed by atoms with Gasteiger partial charge in [0.15, 0.2) is 5.78 Å². The smallest absolute Gasteiger partial charge is 0.340 e. The molecule has 3 rings (SSSR count). The van der Waals surface area contributed by atoms with Gasteiger partial charge in [0.1, 0.15) is 5.82 Å². The zero-order chi connectivity index (χ0) is 15.4. The largest absolute Gasteiger partial charge is 0.378 e. The fourth-order valence-corrected chi connectivity index (χ4v) is 2.61. The Morgan fingerprint density at radius 3 is 2.91 bits per heavy atom. The van der Waals surface area contributed by atoms with Crippen molar-refractivity contribution in [2.24, 2.45) is 0 Å². The number of Topliss-reactive ketones (excluding diaryl/α,β-unsaturated/α-hetero) is 1. The van der Waals surface area contributed by atoms with Gasteiger partial charge in [0.05, 0.1) is 19.8 Å². The van der Waals surface area contributed by atoms with Gasteiger partial charge in [-0.3, -0.25) is 14.7 Å². The Bertz CT molecular complexity index is 679. The molecule has 1 aromatic heterocycles. The average Bonchev–Trinajstić information content (AvgIpc) is 2.95. The number of ketones is 1. The monoisotopic (exact) mass is 302 g/mol. The van der Waals surface area contributed by atoms with Gasteiger partial charge in [0.2, 0.25) is 0 Å². The summed E-state index contributed by atoms with van der Waals surface area (Å²) in [6, 6.07) is 9.24. The van der Waals surface area contributed by atoms with Crippen LogP contribution < -0.4 is 5.69 Å². The van der Waals surface area contributed by atoms with Crippen molar-refractivity contribution in [3.8, 4) is 0 Å². The molecule has 0 saturated carbocycles. The molecule has 2 N–H and O–H groups in total. The summed E-state index contributed by atoms with van der Waals surface area (Å²) in [4.78, 5) is 28.2. The first kappa shape index (κ1) is 14.7. The van der Waals surface area contributed by atoms with E-state index in [1.54, 1.807) is 0 Å². The maximum absolute atomic E-state index is 12.4. The minimum absolute atomic E-state index is 0.0124. The zero-order valence-corrected chi connectivity index (χ0v) is 12.1. The molecule has 0 unspecified atom stereocenters. The number of morpholine rings is 1. The predicted octanol–water partition coefficient (Wildman–Crippen LogP) is 0.572. The van der Waals surface area contributed by atoms with Crippen LogP contribution in [0.2, 0.25) is 0 Å². The number of aromatic amines is 2. The van der Waals surface area contributed by atoms with Crippen molar-refractivity contribution < 1.29 is 9.53 Å². The maximum Gasteiger partial charge on any atom is 0.340 e. The topological polar surface area (TPSA) is 91.1 Å². The van der Waals surface area contributed by atoms with Crippen molar-refractivity contribution in [1.82, 2.24) is 20.1 Å². The number of benzene rings is 1. The van der Waals surface area contributed by atoms with Crippen LogP contribution in [-0.4, -0.2) is 51.7 Å². The first-order chi connectivity index (χ1) is 10.7. The lowest BCUT2D eigenvalue weighted by Crippen LogP contribution is -2.46. The highest BCUT2D eigenvalue weighted by molar-refractivity contribution is 5.96. The number of nitrogens with zero attached hydrogens (tertiary/aromatic N) is 2. The second-order valence-corrected chi connectivity index (χ2v) is 5.32. The number of H-pyrrole nitrogens is 2. The number of hydrogen-bond acceptors (Lipinski definition) is 5. The Hall–Kier alpha value is -2.25. The molecule has 2 heterocycles. The van der Waals surface area contributed by atoms with Crippen molar-refractivity contribution in [2.45, 2.75) is 19.0 Å². The van der Waals surface area contributed by atoms with E-state index in [9.17, 15) is 9.59 Å². The van der Waals surface area contributed by atoms with E-state index in [1.807, 2.05) is 30.3 Å². The van der Waals surface area contributed by atoms with Crippen LogP contribution in [0.3, 0.4) is 0 Å². The maximum atomic E-state index is 12.4. The van der Waals surface area contributed by atoms with Crippen molar-refractivity contribution in [3.63, 3.8) is 0 Å². The molecular weight excluding hydrogens is 284 g/mol. The molecule has 1 aromatic carbocycles. The molecule has 1 fully saturated rings. The lowest BCUT2D eigenvalue weighted by molar-refractivity contribution is -0.0136. The number of hydrogen-bond donors (Lipinski definition) is 2. The summed E-state index contributed by atoms with van der Waals surface area (Å²) < 4.78 is 5.50. The van der Waals surface area contributed by atoms with Crippen molar-refractivity contribution in [3.05, 3.63) is 52.2 Å². The van der Waals surface area contributed by atoms with Crippen LogP contribution in [0.4, 0.5) is 0 Å². The van der Waals surface area contributed by atoms with E-state index in [0.717, 1.165) is 0 Å². The van der Waals surface area contributed by atoms with E-state index in [0.29, 0.717) is 44.1 Å². The Morgan fingerprint density at radius 1 is 1.36 bits per heavy atom. The summed E-state index contributed by atoms with van der Waals surface area (Å²) in [7, 11) is 0. The molecule has 0 radical (unpaired) electrons. The minimum Gasteiger partial charge on any atom is -0.378 e. The molecule has 0 aliphatic carbocycles. The summed E-state index contributed by atoms with van der Waals surface area (Å²) in [6.45, 7) is 2.33. The lowest BCUT2D eigenvalue weighted by atomic mass is 10.0. The summed E-state index contributed by atoms with van der Waals surface area (Å²) in [6.07, 6.45) is 0.388. The molecule has 1 aliphatic heterocycles. The van der Waals surface area contributed by atoms with Crippen molar-refractivity contribution in [2.75, 3.05) is 19.8 Å². The molecule has 2 aromatic rings. The zero-order valence-electron chi connectivity index (χ0n) is 12.1. The molecule has 1 saturated heterocycles. The molecule has 1 atom stereocenters. The molecule has 116 valence electrons. The van der Waals surface area contributed by atoms with Gasteiger partial charge in [0, 0.05) is 24.6 Å². The minimum atomic E-state index is -0.319. The highest BCUT2D eigenvalue weighted by Crippen LogP contribution is 2.15. The Labute approximate surface area is 127 Å². The van der Waals surface area contributed by atoms with Gasteiger partial charge >= 0.3 is 5.69 Å². The van der Waals surface area contributed by atoms with E-state index in [1.165, 1.54) is 0 Å². The number of carbonyl (C=O) groups excluding carboxylic acids is 1. The lowest BCUT2D eigenvalue weighted by Gasteiger charge is -2.34. The third-order valence-corrected chi connectivity index (χ3v) is 3.77. The van der Waals surface area contributed by atoms with Crippen LogP contribution in [0, 0.1) is 0 Å². The van der Waals surface area contributed by atoms with Crippen LogP contribution in [0.25, 0.3) is 0 Å². The molecule has 7 heteroatoms. The van der Waals surface area contributed by atoms with Crippen molar-refractivity contribution >= 4 is 5.78 Å². The first-order valence-corrected chi connectivity index (χ1v) is 7.26. The second-order valence-electron chi connectivity index (χ2n) is 5.32. The first-order valence-electron chi connectivity index (χ1n) is 7.26. The molecule has 0 amide bonds. The van der Waals surface area contributed by atoms with E-state index < -0.39 is 0 Å². The van der Waals surface area contributed by atoms with Gasteiger partial charge in [-0.1, -0.05) is 30.3 Å². The summed E-state index contributed by atoms with van der Waals surface area (Å²) in [5.41, 5.74) is 0.390. The summed E-state index contributed by atoms with van der Waals surface area (Å²) in [5, 5.41) is 6.27. The van der Waals surface area contributed by atoms with E-state index in [4.69, 9.17) is 4.74 Å². The number of aromatic nitrogens is 3. The van der Waals surface area contributed by atoms with Gasteiger partial charge in [-0.25, -0.2) is 9.89 Å². The molecule has 0 spiro atoms. The van der Waals surface area contributed by atoms with Crippen LogP contribution in [0.5, 0.6) is 0 Å². The highest BCUT2D eigenvalue weighted by atomic mass is 16.5. The second kappa shape index (κ2) is 6.67. The Morgan fingerprint density at radius 2 is 2.18 bits per heavy atom.